The van der Waals surface area contributed by atoms with E-state index in [2.05, 4.69) is 50.4 Å². The molecule has 3 rings (SSSR count). The maximum absolute atomic E-state index is 11.4. The molecule has 0 heterocycles. The Morgan fingerprint density at radius 2 is 1.40 bits per heavy atom. The van der Waals surface area contributed by atoms with E-state index in [1.165, 1.54) is 0 Å². The highest BCUT2D eigenvalue weighted by Crippen LogP contribution is 2.38. The van der Waals surface area contributed by atoms with Crippen LogP contribution in [0.25, 0.3) is 0 Å². The summed E-state index contributed by atoms with van der Waals surface area (Å²) in [6.07, 6.45) is 3.48. The summed E-state index contributed by atoms with van der Waals surface area (Å²) in [5.41, 5.74) is 1.08. The lowest BCUT2D eigenvalue weighted by Gasteiger charge is -2.41. The number of unbranched alkanes of at least 4 members (excludes halogenated alkanes) is 1. The van der Waals surface area contributed by atoms with Crippen LogP contribution in [0.5, 0.6) is 0 Å². The molecule has 5 heteroatoms. The Morgan fingerprint density at radius 3 is 1.91 bits per heavy atom. The fraction of sp³-hybridized carbons (Fsp3) is 0.600. The van der Waals surface area contributed by atoms with Crippen LogP contribution < -0.4 is 5.32 Å². The van der Waals surface area contributed by atoms with Gasteiger partial charge in [-0.3, -0.25) is 0 Å². The van der Waals surface area contributed by atoms with Crippen molar-refractivity contribution >= 4 is 0 Å². The fourth-order valence-electron chi connectivity index (χ4n) is 4.75. The molecule has 1 fully saturated rings. The Kier molecular flexibility index (Phi) is 10.3. The molecule has 0 amide bonds. The predicted molar refractivity (Wildman–Crippen MR) is 141 cm³/mol. The van der Waals surface area contributed by atoms with Crippen molar-refractivity contribution in [2.45, 2.75) is 96.5 Å². The first-order valence-corrected chi connectivity index (χ1v) is 13.1. The van der Waals surface area contributed by atoms with Crippen LogP contribution in [0.2, 0.25) is 0 Å². The molecule has 194 valence electrons. The van der Waals surface area contributed by atoms with Crippen LogP contribution in [0.1, 0.15) is 64.5 Å². The van der Waals surface area contributed by atoms with Gasteiger partial charge >= 0.3 is 0 Å². The molecule has 0 spiro atoms. The summed E-state index contributed by atoms with van der Waals surface area (Å²) in [6, 6.07) is 20.4. The minimum atomic E-state index is -0.951. The summed E-state index contributed by atoms with van der Waals surface area (Å²) in [7, 11) is 1.95. The maximum atomic E-state index is 11.4. The van der Waals surface area contributed by atoms with Crippen molar-refractivity contribution in [3.63, 3.8) is 0 Å². The van der Waals surface area contributed by atoms with Crippen LogP contribution in [-0.4, -0.2) is 48.7 Å². The van der Waals surface area contributed by atoms with Crippen molar-refractivity contribution in [2.24, 2.45) is 5.41 Å². The van der Waals surface area contributed by atoms with Gasteiger partial charge in [-0.15, -0.1) is 0 Å². The number of hydrogen-bond acceptors (Lipinski definition) is 5. The predicted octanol–water partition coefficient (Wildman–Crippen LogP) is 5.50. The standard InChI is InChI=1S/C30H45NO4/c1-6-7-18-29(2,3)30(4,32)22-35-28-26(34-21-24-16-12-9-13-17-24)19-25(27(28)31-5)33-20-23-14-10-8-11-15-23/h8-17,25-28,31-32H,6-7,18-22H2,1-5H3. The molecule has 0 aromatic heterocycles. The third-order valence-corrected chi connectivity index (χ3v) is 7.70. The second kappa shape index (κ2) is 13.0. The Morgan fingerprint density at radius 1 is 0.857 bits per heavy atom. The van der Waals surface area contributed by atoms with Crippen LogP contribution >= 0.6 is 0 Å². The summed E-state index contributed by atoms with van der Waals surface area (Å²) < 4.78 is 19.3. The number of likely N-dealkylation sites (N-methyl/N-ethyl adjacent to an activating group) is 1. The van der Waals surface area contributed by atoms with Crippen LogP contribution in [0, 0.1) is 5.41 Å². The molecule has 0 aliphatic heterocycles. The molecule has 35 heavy (non-hydrogen) atoms. The minimum absolute atomic E-state index is 0.0333. The van der Waals surface area contributed by atoms with Crippen molar-refractivity contribution in [3.05, 3.63) is 71.8 Å². The lowest BCUT2D eigenvalue weighted by atomic mass is 9.73. The van der Waals surface area contributed by atoms with Gasteiger partial charge in [0.1, 0.15) is 6.10 Å². The van der Waals surface area contributed by atoms with Gasteiger partial charge in [0.25, 0.3) is 0 Å². The summed E-state index contributed by atoms with van der Waals surface area (Å²) >= 11 is 0. The lowest BCUT2D eigenvalue weighted by molar-refractivity contribution is -0.151. The quantitative estimate of drug-likeness (QED) is 0.371. The molecular weight excluding hydrogens is 438 g/mol. The van der Waals surface area contributed by atoms with Crippen molar-refractivity contribution < 1.29 is 19.3 Å². The summed E-state index contributed by atoms with van der Waals surface area (Å²) in [5, 5.41) is 14.8. The monoisotopic (exact) mass is 483 g/mol. The second-order valence-electron chi connectivity index (χ2n) is 10.8. The summed E-state index contributed by atoms with van der Waals surface area (Å²) in [4.78, 5) is 0. The van der Waals surface area contributed by atoms with Gasteiger partial charge in [-0.05, 0) is 36.9 Å². The van der Waals surface area contributed by atoms with Crippen molar-refractivity contribution in [2.75, 3.05) is 13.7 Å². The van der Waals surface area contributed by atoms with Gasteiger partial charge in [0.05, 0.1) is 43.7 Å². The molecule has 5 unspecified atom stereocenters. The van der Waals surface area contributed by atoms with Crippen LogP contribution in [0.4, 0.5) is 0 Å². The van der Waals surface area contributed by atoms with E-state index in [4.69, 9.17) is 14.2 Å². The van der Waals surface area contributed by atoms with E-state index in [-0.39, 0.29) is 36.4 Å². The van der Waals surface area contributed by atoms with Gasteiger partial charge in [0.2, 0.25) is 0 Å². The van der Waals surface area contributed by atoms with E-state index in [0.29, 0.717) is 13.2 Å². The molecule has 1 saturated carbocycles. The lowest BCUT2D eigenvalue weighted by Crippen LogP contribution is -2.51. The number of aliphatic hydroxyl groups is 1. The number of ether oxygens (including phenoxy) is 3. The van der Waals surface area contributed by atoms with E-state index in [9.17, 15) is 5.11 Å². The van der Waals surface area contributed by atoms with Gasteiger partial charge in [0.15, 0.2) is 0 Å². The van der Waals surface area contributed by atoms with Gasteiger partial charge in [-0.25, -0.2) is 0 Å². The average Bonchev–Trinajstić information content (AvgIpc) is 3.21. The van der Waals surface area contributed by atoms with Crippen molar-refractivity contribution in [1.29, 1.82) is 0 Å². The number of benzene rings is 2. The zero-order chi connectivity index (χ0) is 25.3. The SMILES string of the molecule is CCCCC(C)(C)C(C)(O)COC1C(OCc2ccccc2)CC(OCc2ccccc2)C1NC. The smallest absolute Gasteiger partial charge is 0.102 e. The number of hydrogen-bond donors (Lipinski definition) is 2. The van der Waals surface area contributed by atoms with E-state index in [0.717, 1.165) is 36.8 Å². The number of nitrogens with one attached hydrogen (secondary N) is 1. The molecule has 5 nitrogen and oxygen atoms in total. The van der Waals surface area contributed by atoms with Gasteiger partial charge in [-0.1, -0.05) is 94.3 Å². The molecule has 5 atom stereocenters. The first kappa shape index (κ1) is 27.8. The molecule has 0 bridgehead atoms. The van der Waals surface area contributed by atoms with Gasteiger partial charge in [0, 0.05) is 6.42 Å². The molecule has 0 saturated heterocycles. The van der Waals surface area contributed by atoms with Crippen molar-refractivity contribution in [3.8, 4) is 0 Å². The van der Waals surface area contributed by atoms with Gasteiger partial charge in [-0.2, -0.15) is 0 Å². The van der Waals surface area contributed by atoms with E-state index >= 15 is 0 Å². The van der Waals surface area contributed by atoms with E-state index in [1.807, 2.05) is 50.4 Å². The Bertz CT molecular complexity index is 855. The average molecular weight is 484 g/mol. The molecular formula is C30H45NO4. The third-order valence-electron chi connectivity index (χ3n) is 7.70. The highest BCUT2D eigenvalue weighted by Gasteiger charge is 2.47. The largest absolute Gasteiger partial charge is 0.387 e. The molecule has 1 aliphatic rings. The van der Waals surface area contributed by atoms with E-state index < -0.39 is 5.60 Å². The fourth-order valence-corrected chi connectivity index (χ4v) is 4.75. The normalized spacial score (nSPS) is 24.4. The highest BCUT2D eigenvalue weighted by atomic mass is 16.6. The highest BCUT2D eigenvalue weighted by molar-refractivity contribution is 5.15. The summed E-state index contributed by atoms with van der Waals surface area (Å²) in [5.74, 6) is 0. The van der Waals surface area contributed by atoms with Gasteiger partial charge < -0.3 is 24.6 Å². The summed E-state index contributed by atoms with van der Waals surface area (Å²) in [6.45, 7) is 9.66. The topological polar surface area (TPSA) is 60.0 Å². The third kappa shape index (κ3) is 7.61. The van der Waals surface area contributed by atoms with Crippen molar-refractivity contribution in [1.82, 2.24) is 5.32 Å². The maximum Gasteiger partial charge on any atom is 0.102 e. The first-order valence-electron chi connectivity index (χ1n) is 13.1. The Labute approximate surface area is 212 Å². The van der Waals surface area contributed by atoms with Crippen LogP contribution in [0.15, 0.2) is 60.7 Å². The molecule has 0 radical (unpaired) electrons. The molecule has 2 aromatic rings. The zero-order valence-electron chi connectivity index (χ0n) is 22.2. The van der Waals surface area contributed by atoms with Crippen LogP contribution in [-0.2, 0) is 27.4 Å². The zero-order valence-corrected chi connectivity index (χ0v) is 22.2. The number of rotatable bonds is 14. The molecule has 2 aromatic carbocycles. The molecule has 1 aliphatic carbocycles. The Hall–Kier alpha value is -1.76. The molecule has 2 N–H and O–H groups in total. The Balaban J connectivity index is 1.71. The van der Waals surface area contributed by atoms with Crippen LogP contribution in [0.3, 0.4) is 0 Å². The first-order chi connectivity index (χ1) is 16.8. The minimum Gasteiger partial charge on any atom is -0.387 e. The second-order valence-corrected chi connectivity index (χ2v) is 10.8. The van der Waals surface area contributed by atoms with E-state index in [1.54, 1.807) is 0 Å².